The van der Waals surface area contributed by atoms with Gasteiger partial charge in [0.05, 0.1) is 6.42 Å². The second-order valence-corrected chi connectivity index (χ2v) is 4.59. The molecule has 0 fully saturated rings. The van der Waals surface area contributed by atoms with Crippen LogP contribution in [0.2, 0.25) is 0 Å². The molecule has 0 aliphatic carbocycles. The number of aliphatic hydroxyl groups excluding tert-OH is 1. The summed E-state index contributed by atoms with van der Waals surface area (Å²) in [7, 11) is 0. The average molecular weight is 265 g/mol. The van der Waals surface area contributed by atoms with E-state index in [2.05, 4.69) is 5.32 Å². The zero-order valence-electron chi connectivity index (χ0n) is 11.1. The van der Waals surface area contributed by atoms with Crippen molar-refractivity contribution in [3.05, 3.63) is 34.9 Å². The van der Waals surface area contributed by atoms with Crippen molar-refractivity contribution in [1.29, 1.82) is 0 Å². The minimum atomic E-state index is -1.43. The van der Waals surface area contributed by atoms with Gasteiger partial charge in [-0.05, 0) is 30.5 Å². The molecule has 0 aliphatic rings. The van der Waals surface area contributed by atoms with Crippen molar-refractivity contribution in [3.63, 3.8) is 0 Å². The number of nitrogens with one attached hydrogen (secondary N) is 1. The molecule has 0 saturated heterocycles. The van der Waals surface area contributed by atoms with E-state index < -0.39 is 12.1 Å². The van der Waals surface area contributed by atoms with Crippen LogP contribution in [0.3, 0.4) is 0 Å². The Morgan fingerprint density at radius 3 is 2.53 bits per heavy atom. The van der Waals surface area contributed by atoms with Crippen LogP contribution in [0.15, 0.2) is 18.2 Å². The lowest BCUT2D eigenvalue weighted by atomic mass is 10.0. The summed E-state index contributed by atoms with van der Waals surface area (Å²) in [6, 6.07) is 5.82. The van der Waals surface area contributed by atoms with Crippen LogP contribution in [0.25, 0.3) is 0 Å². The van der Waals surface area contributed by atoms with Crippen LogP contribution >= 0.6 is 0 Å². The van der Waals surface area contributed by atoms with Crippen molar-refractivity contribution in [2.24, 2.45) is 0 Å². The lowest BCUT2D eigenvalue weighted by Gasteiger charge is -2.08. The summed E-state index contributed by atoms with van der Waals surface area (Å²) in [5, 5.41) is 20.1. The highest BCUT2D eigenvalue weighted by Gasteiger charge is 2.13. The largest absolute Gasteiger partial charge is 0.479 e. The van der Waals surface area contributed by atoms with E-state index in [0.717, 1.165) is 11.1 Å². The van der Waals surface area contributed by atoms with Crippen molar-refractivity contribution in [3.8, 4) is 0 Å². The van der Waals surface area contributed by atoms with Gasteiger partial charge in [-0.2, -0.15) is 0 Å². The van der Waals surface area contributed by atoms with Gasteiger partial charge in [0.2, 0.25) is 5.91 Å². The van der Waals surface area contributed by atoms with Crippen molar-refractivity contribution in [2.45, 2.75) is 32.8 Å². The van der Waals surface area contributed by atoms with Gasteiger partial charge in [0, 0.05) is 13.0 Å². The zero-order valence-corrected chi connectivity index (χ0v) is 11.1. The van der Waals surface area contributed by atoms with Gasteiger partial charge in [-0.1, -0.05) is 18.2 Å². The first kappa shape index (κ1) is 15.2. The number of hydrogen-bond donors (Lipinski definition) is 3. The third-order valence-electron chi connectivity index (χ3n) is 2.96. The summed E-state index contributed by atoms with van der Waals surface area (Å²) < 4.78 is 0. The fourth-order valence-corrected chi connectivity index (χ4v) is 1.63. The maximum absolute atomic E-state index is 11.6. The van der Waals surface area contributed by atoms with Crippen molar-refractivity contribution >= 4 is 11.9 Å². The highest BCUT2D eigenvalue weighted by atomic mass is 16.4. The second-order valence-electron chi connectivity index (χ2n) is 4.59. The lowest BCUT2D eigenvalue weighted by molar-refractivity contribution is -0.147. The number of amides is 1. The number of benzene rings is 1. The first-order chi connectivity index (χ1) is 8.90. The van der Waals surface area contributed by atoms with Crippen LogP contribution in [0.4, 0.5) is 0 Å². The van der Waals surface area contributed by atoms with Crippen LogP contribution < -0.4 is 5.32 Å². The van der Waals surface area contributed by atoms with Gasteiger partial charge in [-0.3, -0.25) is 4.79 Å². The Labute approximate surface area is 112 Å². The molecule has 1 aromatic rings. The van der Waals surface area contributed by atoms with Gasteiger partial charge in [0.15, 0.2) is 6.10 Å². The molecular formula is C14H19NO4. The van der Waals surface area contributed by atoms with E-state index in [1.165, 1.54) is 5.56 Å². The summed E-state index contributed by atoms with van der Waals surface area (Å²) in [5.74, 6) is -1.45. The number of carbonyl (C=O) groups is 2. The third kappa shape index (κ3) is 5.09. The molecule has 19 heavy (non-hydrogen) atoms. The van der Waals surface area contributed by atoms with E-state index in [4.69, 9.17) is 10.2 Å². The Morgan fingerprint density at radius 1 is 1.26 bits per heavy atom. The maximum Gasteiger partial charge on any atom is 0.332 e. The highest BCUT2D eigenvalue weighted by molar-refractivity contribution is 5.78. The third-order valence-corrected chi connectivity index (χ3v) is 2.96. The lowest BCUT2D eigenvalue weighted by Crippen LogP contribution is -2.30. The number of hydrogen-bond acceptors (Lipinski definition) is 3. The fourth-order valence-electron chi connectivity index (χ4n) is 1.63. The number of aliphatic carboxylic acids is 1. The Bertz CT molecular complexity index is 471. The van der Waals surface area contributed by atoms with Gasteiger partial charge in [-0.25, -0.2) is 4.79 Å². The second kappa shape index (κ2) is 6.89. The molecule has 0 aromatic heterocycles. The number of rotatable bonds is 6. The molecule has 0 unspecified atom stereocenters. The molecule has 0 radical (unpaired) electrons. The molecule has 5 nitrogen and oxygen atoms in total. The smallest absolute Gasteiger partial charge is 0.332 e. The normalized spacial score (nSPS) is 11.9. The molecule has 1 aromatic carbocycles. The molecule has 0 bridgehead atoms. The number of carboxylic acids is 1. The molecule has 5 heteroatoms. The van der Waals surface area contributed by atoms with Crippen LogP contribution in [0, 0.1) is 13.8 Å². The van der Waals surface area contributed by atoms with Crippen molar-refractivity contribution in [2.75, 3.05) is 6.54 Å². The molecule has 0 saturated carbocycles. The monoisotopic (exact) mass is 265 g/mol. The number of carboxylic acid groups (broad SMARTS) is 1. The maximum atomic E-state index is 11.6. The standard InChI is InChI=1S/C14H19NO4/c1-9-3-4-11(7-10(9)2)8-13(17)15-6-5-12(16)14(18)19/h3-4,7,12,16H,5-6,8H2,1-2H3,(H,15,17)(H,18,19)/t12-/m0/s1. The van der Waals surface area contributed by atoms with Gasteiger partial charge in [0.1, 0.15) is 0 Å². The minimum absolute atomic E-state index is 0.00794. The summed E-state index contributed by atoms with van der Waals surface area (Å²) in [4.78, 5) is 22.0. The fraction of sp³-hybridized carbons (Fsp3) is 0.429. The quantitative estimate of drug-likeness (QED) is 0.710. The highest BCUT2D eigenvalue weighted by Crippen LogP contribution is 2.10. The van der Waals surface area contributed by atoms with Crippen molar-refractivity contribution < 1.29 is 19.8 Å². The molecule has 104 valence electrons. The summed E-state index contributed by atoms with van der Waals surface area (Å²) in [6.45, 7) is 4.14. The summed E-state index contributed by atoms with van der Waals surface area (Å²) in [6.07, 6.45) is -1.17. The summed E-state index contributed by atoms with van der Waals surface area (Å²) >= 11 is 0. The molecule has 0 aliphatic heterocycles. The van der Waals surface area contributed by atoms with E-state index in [-0.39, 0.29) is 25.3 Å². The SMILES string of the molecule is Cc1ccc(CC(=O)NCC[C@H](O)C(=O)O)cc1C. The van der Waals surface area contributed by atoms with Crippen LogP contribution in [-0.4, -0.2) is 34.7 Å². The molecule has 3 N–H and O–H groups in total. The van der Waals surface area contributed by atoms with Crippen LogP contribution in [0.5, 0.6) is 0 Å². The zero-order chi connectivity index (χ0) is 14.4. The summed E-state index contributed by atoms with van der Waals surface area (Å²) in [5.41, 5.74) is 3.22. The number of aryl methyl sites for hydroxylation is 2. The number of aliphatic hydroxyl groups is 1. The molecule has 1 atom stereocenters. The topological polar surface area (TPSA) is 86.6 Å². The predicted molar refractivity (Wildman–Crippen MR) is 70.9 cm³/mol. The Balaban J connectivity index is 2.39. The number of carbonyl (C=O) groups excluding carboxylic acids is 1. The van der Waals surface area contributed by atoms with Gasteiger partial charge >= 0.3 is 5.97 Å². The Kier molecular flexibility index (Phi) is 5.51. The molecule has 0 heterocycles. The first-order valence-electron chi connectivity index (χ1n) is 6.14. The van der Waals surface area contributed by atoms with E-state index >= 15 is 0 Å². The van der Waals surface area contributed by atoms with E-state index in [9.17, 15) is 9.59 Å². The average Bonchev–Trinajstić information content (AvgIpc) is 2.33. The van der Waals surface area contributed by atoms with Crippen LogP contribution in [0.1, 0.15) is 23.1 Å². The molecular weight excluding hydrogens is 246 g/mol. The van der Waals surface area contributed by atoms with Gasteiger partial charge < -0.3 is 15.5 Å². The van der Waals surface area contributed by atoms with E-state index in [1.807, 2.05) is 32.0 Å². The van der Waals surface area contributed by atoms with Crippen LogP contribution in [-0.2, 0) is 16.0 Å². The molecule has 1 rings (SSSR count). The Hall–Kier alpha value is -1.88. The van der Waals surface area contributed by atoms with Gasteiger partial charge in [-0.15, -0.1) is 0 Å². The molecule has 1 amide bonds. The first-order valence-corrected chi connectivity index (χ1v) is 6.14. The van der Waals surface area contributed by atoms with Crippen molar-refractivity contribution in [1.82, 2.24) is 5.32 Å². The minimum Gasteiger partial charge on any atom is -0.479 e. The molecule has 0 spiro atoms. The Morgan fingerprint density at radius 2 is 1.95 bits per heavy atom. The van der Waals surface area contributed by atoms with E-state index in [0.29, 0.717) is 0 Å². The van der Waals surface area contributed by atoms with E-state index in [1.54, 1.807) is 0 Å². The van der Waals surface area contributed by atoms with Gasteiger partial charge in [0.25, 0.3) is 0 Å². The predicted octanol–water partition coefficient (Wildman–Crippen LogP) is 0.798.